The Bertz CT molecular complexity index is 881. The molecule has 1 saturated heterocycles. The van der Waals surface area contributed by atoms with Gasteiger partial charge in [0.05, 0.1) is 35.2 Å². The molecule has 1 fully saturated rings. The summed E-state index contributed by atoms with van der Waals surface area (Å²) in [5, 5.41) is 4.64. The van der Waals surface area contributed by atoms with Gasteiger partial charge in [-0.05, 0) is 50.9 Å². The second kappa shape index (κ2) is 9.26. The summed E-state index contributed by atoms with van der Waals surface area (Å²) in [6, 6.07) is 8.46. The Morgan fingerprint density at radius 2 is 1.75 bits per heavy atom. The predicted octanol–water partition coefficient (Wildman–Crippen LogP) is 3.65. The molecule has 0 bridgehead atoms. The van der Waals surface area contributed by atoms with Crippen molar-refractivity contribution < 1.29 is 0 Å². The van der Waals surface area contributed by atoms with Crippen LogP contribution in [0, 0.1) is 0 Å². The third kappa shape index (κ3) is 4.56. The summed E-state index contributed by atoms with van der Waals surface area (Å²) in [6.07, 6.45) is 13.2. The molecule has 0 spiro atoms. The quantitative estimate of drug-likeness (QED) is 0.606. The average Bonchev–Trinajstić information content (AvgIpc) is 3.24. The maximum absolute atomic E-state index is 5.56. The Labute approximate surface area is 166 Å². The Kier molecular flexibility index (Phi) is 6.29. The molecule has 1 aromatic carbocycles. The van der Waals surface area contributed by atoms with Gasteiger partial charge < -0.3 is 10.6 Å². The summed E-state index contributed by atoms with van der Waals surface area (Å²) in [7, 11) is 0. The minimum atomic E-state index is 0.482. The third-order valence-electron chi connectivity index (χ3n) is 5.71. The lowest BCUT2D eigenvalue weighted by atomic mass is 10.0. The number of piperidine rings is 1. The van der Waals surface area contributed by atoms with Gasteiger partial charge in [-0.1, -0.05) is 25.0 Å². The fourth-order valence-corrected chi connectivity index (χ4v) is 4.01. The first-order chi connectivity index (χ1) is 13.8. The molecule has 2 N–H and O–H groups in total. The lowest BCUT2D eigenvalue weighted by Crippen LogP contribution is -2.35. The number of nitrogens with zero attached hydrogens (tertiary/aromatic N) is 5. The molecular formula is C22H30N6. The predicted molar refractivity (Wildman–Crippen MR) is 113 cm³/mol. The van der Waals surface area contributed by atoms with Crippen molar-refractivity contribution in [1.82, 2.24) is 24.6 Å². The van der Waals surface area contributed by atoms with Crippen molar-refractivity contribution in [2.45, 2.75) is 44.6 Å². The maximum Gasteiger partial charge on any atom is 0.0924 e. The van der Waals surface area contributed by atoms with Crippen LogP contribution in [0.1, 0.15) is 44.6 Å². The zero-order valence-corrected chi connectivity index (χ0v) is 16.5. The SMILES string of the molecule is NCCCCCCN1CCC(n2cc(-c3cnc4ccccc4n3)cn2)CC1. The van der Waals surface area contributed by atoms with E-state index in [-0.39, 0.29) is 0 Å². The lowest BCUT2D eigenvalue weighted by Gasteiger charge is -2.32. The highest BCUT2D eigenvalue weighted by molar-refractivity contribution is 5.76. The Hall–Kier alpha value is -2.31. The molecule has 0 atom stereocenters. The topological polar surface area (TPSA) is 72.9 Å². The number of nitrogens with two attached hydrogens (primary N) is 1. The highest BCUT2D eigenvalue weighted by Gasteiger charge is 2.21. The molecular weight excluding hydrogens is 348 g/mol. The number of likely N-dealkylation sites (tertiary alicyclic amines) is 1. The van der Waals surface area contributed by atoms with Gasteiger partial charge in [-0.3, -0.25) is 9.67 Å². The van der Waals surface area contributed by atoms with E-state index in [4.69, 9.17) is 10.7 Å². The number of unbranched alkanes of at least 4 members (excludes halogenated alkanes) is 3. The summed E-state index contributed by atoms with van der Waals surface area (Å²) >= 11 is 0. The summed E-state index contributed by atoms with van der Waals surface area (Å²) in [5.41, 5.74) is 9.34. The van der Waals surface area contributed by atoms with E-state index >= 15 is 0 Å². The van der Waals surface area contributed by atoms with Crippen LogP contribution >= 0.6 is 0 Å². The molecule has 1 aliphatic heterocycles. The zero-order chi connectivity index (χ0) is 19.2. The molecule has 0 amide bonds. The lowest BCUT2D eigenvalue weighted by molar-refractivity contribution is 0.177. The van der Waals surface area contributed by atoms with Crippen molar-refractivity contribution in [2.24, 2.45) is 5.73 Å². The number of benzene rings is 1. The van der Waals surface area contributed by atoms with Crippen LogP contribution in [0.15, 0.2) is 42.9 Å². The largest absolute Gasteiger partial charge is 0.330 e. The van der Waals surface area contributed by atoms with Gasteiger partial charge in [0.1, 0.15) is 0 Å². The van der Waals surface area contributed by atoms with Gasteiger partial charge in [0.25, 0.3) is 0 Å². The van der Waals surface area contributed by atoms with Crippen molar-refractivity contribution in [3.05, 3.63) is 42.9 Å². The monoisotopic (exact) mass is 378 g/mol. The first kappa shape index (κ1) is 19.0. The Morgan fingerprint density at radius 3 is 2.57 bits per heavy atom. The number of fused-ring (bicyclic) bond motifs is 1. The molecule has 4 rings (SSSR count). The van der Waals surface area contributed by atoms with E-state index in [1.54, 1.807) is 0 Å². The van der Waals surface area contributed by atoms with Crippen LogP contribution in [-0.4, -0.2) is 50.8 Å². The van der Waals surface area contributed by atoms with Crippen LogP contribution in [0.3, 0.4) is 0 Å². The van der Waals surface area contributed by atoms with E-state index in [2.05, 4.69) is 25.9 Å². The highest BCUT2D eigenvalue weighted by atomic mass is 15.3. The molecule has 0 unspecified atom stereocenters. The molecule has 0 saturated carbocycles. The van der Waals surface area contributed by atoms with Crippen molar-refractivity contribution in [2.75, 3.05) is 26.2 Å². The van der Waals surface area contributed by atoms with Crippen molar-refractivity contribution in [3.8, 4) is 11.3 Å². The molecule has 3 aromatic rings. The smallest absolute Gasteiger partial charge is 0.0924 e. The van der Waals surface area contributed by atoms with Crippen molar-refractivity contribution >= 4 is 11.0 Å². The summed E-state index contributed by atoms with van der Waals surface area (Å²) in [6.45, 7) is 4.36. The summed E-state index contributed by atoms with van der Waals surface area (Å²) in [5.74, 6) is 0. The first-order valence-electron chi connectivity index (χ1n) is 10.5. The molecule has 148 valence electrons. The van der Waals surface area contributed by atoms with E-state index in [1.807, 2.05) is 36.7 Å². The Balaban J connectivity index is 1.32. The molecule has 3 heterocycles. The van der Waals surface area contributed by atoms with E-state index in [1.165, 1.54) is 25.8 Å². The summed E-state index contributed by atoms with van der Waals surface area (Å²) in [4.78, 5) is 11.9. The number of para-hydroxylation sites is 2. The summed E-state index contributed by atoms with van der Waals surface area (Å²) < 4.78 is 2.13. The van der Waals surface area contributed by atoms with E-state index in [0.29, 0.717) is 6.04 Å². The standard InChI is InChI=1S/C22H30N6/c23-11-5-1-2-6-12-27-13-9-19(10-14-27)28-17-18(15-25-28)22-16-24-20-7-3-4-8-21(20)26-22/h3-4,7-8,15-17,19H,1-2,5-6,9-14,23H2. The minimum Gasteiger partial charge on any atom is -0.330 e. The normalized spacial score (nSPS) is 16.0. The molecule has 6 heteroatoms. The molecule has 0 radical (unpaired) electrons. The molecule has 28 heavy (non-hydrogen) atoms. The molecule has 0 aliphatic carbocycles. The third-order valence-corrected chi connectivity index (χ3v) is 5.71. The number of rotatable bonds is 8. The molecule has 1 aliphatic rings. The Morgan fingerprint density at radius 1 is 0.964 bits per heavy atom. The van der Waals surface area contributed by atoms with Gasteiger partial charge in [0, 0.05) is 24.8 Å². The van der Waals surface area contributed by atoms with Crippen LogP contribution < -0.4 is 5.73 Å². The van der Waals surface area contributed by atoms with Crippen LogP contribution in [-0.2, 0) is 0 Å². The van der Waals surface area contributed by atoms with Gasteiger partial charge in [-0.2, -0.15) is 5.10 Å². The number of hydrogen-bond acceptors (Lipinski definition) is 5. The minimum absolute atomic E-state index is 0.482. The van der Waals surface area contributed by atoms with Crippen LogP contribution in [0.25, 0.3) is 22.3 Å². The van der Waals surface area contributed by atoms with Crippen LogP contribution in [0.5, 0.6) is 0 Å². The fourth-order valence-electron chi connectivity index (χ4n) is 4.01. The van der Waals surface area contributed by atoms with E-state index in [9.17, 15) is 0 Å². The van der Waals surface area contributed by atoms with Gasteiger partial charge in [0.2, 0.25) is 0 Å². The van der Waals surface area contributed by atoms with E-state index < -0.39 is 0 Å². The molecule has 2 aromatic heterocycles. The fraction of sp³-hybridized carbons (Fsp3) is 0.500. The van der Waals surface area contributed by atoms with Crippen molar-refractivity contribution in [1.29, 1.82) is 0 Å². The molecule has 6 nitrogen and oxygen atoms in total. The van der Waals surface area contributed by atoms with Gasteiger partial charge >= 0.3 is 0 Å². The number of hydrogen-bond donors (Lipinski definition) is 1. The maximum atomic E-state index is 5.56. The van der Waals surface area contributed by atoms with E-state index in [0.717, 1.165) is 61.2 Å². The second-order valence-corrected chi connectivity index (χ2v) is 7.73. The first-order valence-corrected chi connectivity index (χ1v) is 10.5. The van der Waals surface area contributed by atoms with Crippen molar-refractivity contribution in [3.63, 3.8) is 0 Å². The average molecular weight is 379 g/mol. The van der Waals surface area contributed by atoms with Gasteiger partial charge in [-0.15, -0.1) is 0 Å². The zero-order valence-electron chi connectivity index (χ0n) is 16.5. The van der Waals surface area contributed by atoms with Gasteiger partial charge in [-0.25, -0.2) is 4.98 Å². The number of aromatic nitrogens is 4. The van der Waals surface area contributed by atoms with Gasteiger partial charge in [0.15, 0.2) is 0 Å². The second-order valence-electron chi connectivity index (χ2n) is 7.73. The highest BCUT2D eigenvalue weighted by Crippen LogP contribution is 2.25. The van der Waals surface area contributed by atoms with Crippen LogP contribution in [0.4, 0.5) is 0 Å². The van der Waals surface area contributed by atoms with Crippen LogP contribution in [0.2, 0.25) is 0 Å².